The van der Waals surface area contributed by atoms with Gasteiger partial charge in [0.2, 0.25) is 0 Å². The lowest BCUT2D eigenvalue weighted by Crippen LogP contribution is -2.28. The SMILES string of the molecule is CC(=O)[C@H](C)Sc1nc2c(c(-c3cccs3)c1C#N)CN(C)CC2. The Morgan fingerprint density at radius 3 is 2.96 bits per heavy atom. The number of ketones is 1. The highest BCUT2D eigenvalue weighted by molar-refractivity contribution is 8.00. The number of thiophene rings is 1. The first-order valence-corrected chi connectivity index (χ1v) is 9.62. The minimum Gasteiger partial charge on any atom is -0.302 e. The molecule has 1 atom stereocenters. The summed E-state index contributed by atoms with van der Waals surface area (Å²) in [6.45, 7) is 5.21. The molecule has 0 aliphatic carbocycles. The molecule has 0 bridgehead atoms. The van der Waals surface area contributed by atoms with E-state index in [9.17, 15) is 10.1 Å². The van der Waals surface area contributed by atoms with Crippen LogP contribution < -0.4 is 0 Å². The number of pyridine rings is 1. The molecule has 3 rings (SSSR count). The zero-order valence-electron chi connectivity index (χ0n) is 14.0. The summed E-state index contributed by atoms with van der Waals surface area (Å²) in [5.74, 6) is 0.0980. The van der Waals surface area contributed by atoms with Gasteiger partial charge in [-0.15, -0.1) is 11.3 Å². The van der Waals surface area contributed by atoms with Crippen molar-refractivity contribution in [3.05, 3.63) is 34.3 Å². The number of rotatable bonds is 4. The molecule has 0 saturated heterocycles. The van der Waals surface area contributed by atoms with Gasteiger partial charge in [0.1, 0.15) is 16.9 Å². The van der Waals surface area contributed by atoms with Crippen LogP contribution in [0.5, 0.6) is 0 Å². The number of aromatic nitrogens is 1. The van der Waals surface area contributed by atoms with Crippen LogP contribution in [0.3, 0.4) is 0 Å². The van der Waals surface area contributed by atoms with Gasteiger partial charge in [-0.25, -0.2) is 4.98 Å². The molecule has 0 radical (unpaired) electrons. The molecule has 6 heteroatoms. The van der Waals surface area contributed by atoms with Crippen molar-refractivity contribution in [3.8, 4) is 16.5 Å². The Labute approximate surface area is 150 Å². The number of Topliss-reactive ketones (excluding diaryl/α,β-unsaturated/α-hetero) is 1. The van der Waals surface area contributed by atoms with Crippen molar-refractivity contribution in [2.75, 3.05) is 13.6 Å². The lowest BCUT2D eigenvalue weighted by Gasteiger charge is -2.27. The van der Waals surface area contributed by atoms with E-state index in [0.29, 0.717) is 10.6 Å². The van der Waals surface area contributed by atoms with Crippen LogP contribution in [0.25, 0.3) is 10.4 Å². The van der Waals surface area contributed by atoms with E-state index in [-0.39, 0.29) is 11.0 Å². The minimum atomic E-state index is -0.204. The Hall–Kier alpha value is -1.68. The number of hydrogen-bond acceptors (Lipinski definition) is 6. The predicted molar refractivity (Wildman–Crippen MR) is 98.3 cm³/mol. The van der Waals surface area contributed by atoms with Gasteiger partial charge in [0.25, 0.3) is 0 Å². The van der Waals surface area contributed by atoms with E-state index >= 15 is 0 Å². The Morgan fingerprint density at radius 1 is 1.54 bits per heavy atom. The second-order valence-corrected chi connectivity index (χ2v) is 8.32. The number of carbonyl (C=O) groups is 1. The van der Waals surface area contributed by atoms with Gasteiger partial charge in [0.05, 0.1) is 10.8 Å². The number of fused-ring (bicyclic) bond motifs is 1. The summed E-state index contributed by atoms with van der Waals surface area (Å²) in [7, 11) is 2.09. The fraction of sp³-hybridized carbons (Fsp3) is 0.389. The standard InChI is InChI=1S/C18H19N3OS2/c1-11(22)12(2)24-18-13(9-19)17(16-5-4-8-23-16)14-10-21(3)7-6-15(14)20-18/h4-5,8,12H,6-7,10H2,1-3H3/t12-/m0/s1. The molecule has 2 aromatic rings. The molecule has 1 aliphatic rings. The molecule has 4 nitrogen and oxygen atoms in total. The zero-order valence-corrected chi connectivity index (χ0v) is 15.6. The Bertz CT molecular complexity index is 809. The molecule has 0 unspecified atom stereocenters. The summed E-state index contributed by atoms with van der Waals surface area (Å²) in [6.07, 6.45) is 0.873. The van der Waals surface area contributed by atoms with E-state index in [0.717, 1.165) is 41.2 Å². The largest absolute Gasteiger partial charge is 0.302 e. The summed E-state index contributed by atoms with van der Waals surface area (Å²) in [5.41, 5.74) is 3.82. The molecule has 24 heavy (non-hydrogen) atoms. The van der Waals surface area contributed by atoms with Crippen LogP contribution in [-0.4, -0.2) is 34.5 Å². The second-order valence-electron chi connectivity index (χ2n) is 6.04. The average Bonchev–Trinajstić information content (AvgIpc) is 3.07. The molecular weight excluding hydrogens is 338 g/mol. The van der Waals surface area contributed by atoms with E-state index in [1.54, 1.807) is 18.3 Å². The second kappa shape index (κ2) is 7.06. The van der Waals surface area contributed by atoms with Crippen molar-refractivity contribution in [1.82, 2.24) is 9.88 Å². The van der Waals surface area contributed by atoms with E-state index in [4.69, 9.17) is 4.98 Å². The number of nitrogens with zero attached hydrogens (tertiary/aromatic N) is 3. The number of thioether (sulfide) groups is 1. The average molecular weight is 358 g/mol. The smallest absolute Gasteiger partial charge is 0.142 e. The van der Waals surface area contributed by atoms with Crippen LogP contribution in [0, 0.1) is 11.3 Å². The van der Waals surface area contributed by atoms with E-state index in [2.05, 4.69) is 24.1 Å². The minimum absolute atomic E-state index is 0.0980. The number of hydrogen-bond donors (Lipinski definition) is 0. The lowest BCUT2D eigenvalue weighted by molar-refractivity contribution is -0.116. The molecule has 0 amide bonds. The molecule has 0 aromatic carbocycles. The summed E-state index contributed by atoms with van der Waals surface area (Å²) < 4.78 is 0. The predicted octanol–water partition coefficient (Wildman–Crippen LogP) is 3.74. The van der Waals surface area contributed by atoms with Gasteiger partial charge in [0, 0.05) is 35.6 Å². The zero-order chi connectivity index (χ0) is 17.3. The van der Waals surface area contributed by atoms with E-state index in [1.165, 1.54) is 11.8 Å². The first-order valence-electron chi connectivity index (χ1n) is 7.86. The third-order valence-corrected chi connectivity index (χ3v) is 6.34. The van der Waals surface area contributed by atoms with Crippen molar-refractivity contribution < 1.29 is 4.79 Å². The third kappa shape index (κ3) is 3.25. The molecule has 0 fully saturated rings. The molecule has 2 aromatic heterocycles. The van der Waals surface area contributed by atoms with Gasteiger partial charge in [-0.05, 0) is 37.9 Å². The summed E-state index contributed by atoms with van der Waals surface area (Å²) in [6, 6.07) is 6.41. The van der Waals surface area contributed by atoms with Crippen molar-refractivity contribution in [2.24, 2.45) is 0 Å². The molecule has 0 saturated carbocycles. The fourth-order valence-corrected chi connectivity index (χ4v) is 4.54. The molecule has 1 aliphatic heterocycles. The fourth-order valence-electron chi connectivity index (χ4n) is 2.80. The Balaban J connectivity index is 2.20. The van der Waals surface area contributed by atoms with E-state index < -0.39 is 0 Å². The van der Waals surface area contributed by atoms with Gasteiger partial charge in [0.15, 0.2) is 0 Å². The van der Waals surface area contributed by atoms with Crippen molar-refractivity contribution >= 4 is 28.9 Å². The van der Waals surface area contributed by atoms with Crippen molar-refractivity contribution in [3.63, 3.8) is 0 Å². The van der Waals surface area contributed by atoms with Gasteiger partial charge in [-0.2, -0.15) is 5.26 Å². The number of nitriles is 1. The quantitative estimate of drug-likeness (QED) is 0.780. The monoisotopic (exact) mass is 357 g/mol. The number of likely N-dealkylation sites (N-methyl/N-ethyl adjacent to an activating group) is 1. The first kappa shape index (κ1) is 17.2. The number of carbonyl (C=O) groups excluding carboxylic acids is 1. The molecule has 3 heterocycles. The van der Waals surface area contributed by atoms with Crippen molar-refractivity contribution in [2.45, 2.75) is 37.1 Å². The Morgan fingerprint density at radius 2 is 2.33 bits per heavy atom. The molecule has 0 spiro atoms. The topological polar surface area (TPSA) is 57.0 Å². The van der Waals surface area contributed by atoms with Crippen LogP contribution in [0.4, 0.5) is 0 Å². The highest BCUT2D eigenvalue weighted by atomic mass is 32.2. The van der Waals surface area contributed by atoms with Gasteiger partial charge in [-0.1, -0.05) is 17.8 Å². The maximum Gasteiger partial charge on any atom is 0.142 e. The molecule has 0 N–H and O–H groups in total. The van der Waals surface area contributed by atoms with Gasteiger partial charge >= 0.3 is 0 Å². The summed E-state index contributed by atoms with van der Waals surface area (Å²) in [4.78, 5) is 19.8. The molecule has 124 valence electrons. The van der Waals surface area contributed by atoms with Crippen LogP contribution >= 0.6 is 23.1 Å². The van der Waals surface area contributed by atoms with Crippen LogP contribution in [0.2, 0.25) is 0 Å². The lowest BCUT2D eigenvalue weighted by atomic mass is 9.96. The summed E-state index contributed by atoms with van der Waals surface area (Å²) in [5, 5.41) is 12.3. The van der Waals surface area contributed by atoms with Crippen LogP contribution in [0.1, 0.15) is 30.7 Å². The molecular formula is C18H19N3OS2. The highest BCUT2D eigenvalue weighted by Gasteiger charge is 2.26. The van der Waals surface area contributed by atoms with Crippen LogP contribution in [-0.2, 0) is 17.8 Å². The first-order chi connectivity index (χ1) is 11.5. The maximum absolute atomic E-state index is 11.7. The third-order valence-electron chi connectivity index (χ3n) is 4.25. The van der Waals surface area contributed by atoms with Gasteiger partial charge < -0.3 is 4.90 Å². The van der Waals surface area contributed by atoms with Crippen LogP contribution in [0.15, 0.2) is 22.5 Å². The van der Waals surface area contributed by atoms with Gasteiger partial charge in [-0.3, -0.25) is 4.79 Å². The van der Waals surface area contributed by atoms with E-state index in [1.807, 2.05) is 18.4 Å². The normalized spacial score (nSPS) is 15.6. The maximum atomic E-state index is 11.7. The van der Waals surface area contributed by atoms with Crippen molar-refractivity contribution in [1.29, 1.82) is 5.26 Å². The highest BCUT2D eigenvalue weighted by Crippen LogP contribution is 2.39. The Kier molecular flexibility index (Phi) is 5.04. The summed E-state index contributed by atoms with van der Waals surface area (Å²) >= 11 is 3.04.